The minimum atomic E-state index is -0.0458. The van der Waals surface area contributed by atoms with Crippen molar-refractivity contribution in [3.05, 3.63) is 30.9 Å². The molecular weight excluding hydrogens is 490 g/mol. The molecular formula is C30H39N7O2. The molecule has 4 aromatic rings. The zero-order valence-corrected chi connectivity index (χ0v) is 22.9. The average Bonchev–Trinajstić information content (AvgIpc) is 3.61. The molecule has 2 saturated heterocycles. The second-order valence-corrected chi connectivity index (χ2v) is 11.9. The summed E-state index contributed by atoms with van der Waals surface area (Å²) >= 11 is 0. The fourth-order valence-corrected chi connectivity index (χ4v) is 6.84. The molecule has 5 heterocycles. The second-order valence-electron chi connectivity index (χ2n) is 11.9. The number of aromatic nitrogens is 6. The smallest absolute Gasteiger partial charge is 0.228 e. The molecule has 1 unspecified atom stereocenters. The average molecular weight is 530 g/mol. The lowest BCUT2D eigenvalue weighted by atomic mass is 9.87. The van der Waals surface area contributed by atoms with Crippen LogP contribution in [0.5, 0.6) is 0 Å². The van der Waals surface area contributed by atoms with E-state index in [-0.39, 0.29) is 12.8 Å². The van der Waals surface area contributed by atoms with E-state index >= 15 is 0 Å². The molecule has 9 nitrogen and oxygen atoms in total. The summed E-state index contributed by atoms with van der Waals surface area (Å²) in [5.41, 5.74) is 5.68. The summed E-state index contributed by atoms with van der Waals surface area (Å²) in [4.78, 5) is 22.1. The molecule has 7 rings (SSSR count). The maximum Gasteiger partial charge on any atom is 0.228 e. The van der Waals surface area contributed by atoms with E-state index in [1.165, 1.54) is 31.2 Å². The first kappa shape index (κ1) is 25.0. The highest BCUT2D eigenvalue weighted by molar-refractivity contribution is 5.91. The fourth-order valence-electron chi connectivity index (χ4n) is 6.84. The molecule has 3 fully saturated rings. The molecule has 0 spiro atoms. The summed E-state index contributed by atoms with van der Waals surface area (Å²) in [6.45, 7) is 5.06. The SMILES string of the molecule is C[C@@H]1CCC[C@@H](n2cnc3cc(-c4nc(N5CCC(CO)CC5)nc5c4ncn5C4CCCCO4)ccc32)C1. The highest BCUT2D eigenvalue weighted by Crippen LogP contribution is 2.36. The van der Waals surface area contributed by atoms with Gasteiger partial charge in [-0.1, -0.05) is 25.8 Å². The molecule has 1 saturated carbocycles. The monoisotopic (exact) mass is 529 g/mol. The lowest BCUT2D eigenvalue weighted by Crippen LogP contribution is -2.36. The van der Waals surface area contributed by atoms with E-state index in [4.69, 9.17) is 24.7 Å². The van der Waals surface area contributed by atoms with Crippen molar-refractivity contribution in [3.63, 3.8) is 0 Å². The van der Waals surface area contributed by atoms with Gasteiger partial charge in [-0.25, -0.2) is 15.0 Å². The molecule has 1 N–H and O–H groups in total. The summed E-state index contributed by atoms with van der Waals surface area (Å²) in [7, 11) is 0. The molecule has 3 aliphatic rings. The van der Waals surface area contributed by atoms with Gasteiger partial charge in [-0.3, -0.25) is 4.57 Å². The first-order chi connectivity index (χ1) is 19.2. The number of anilines is 1. The molecule has 2 aliphatic heterocycles. The van der Waals surface area contributed by atoms with Crippen LogP contribution in [-0.4, -0.2) is 60.5 Å². The van der Waals surface area contributed by atoms with Crippen molar-refractivity contribution in [2.75, 3.05) is 31.2 Å². The van der Waals surface area contributed by atoms with Crippen molar-refractivity contribution < 1.29 is 9.84 Å². The van der Waals surface area contributed by atoms with Crippen LogP contribution < -0.4 is 4.90 Å². The molecule has 1 aromatic carbocycles. The second kappa shape index (κ2) is 10.5. The van der Waals surface area contributed by atoms with Gasteiger partial charge in [0, 0.05) is 37.9 Å². The first-order valence-electron chi connectivity index (χ1n) is 14.9. The van der Waals surface area contributed by atoms with E-state index in [0.29, 0.717) is 12.0 Å². The number of piperidine rings is 1. The number of aliphatic hydroxyl groups is 1. The lowest BCUT2D eigenvalue weighted by Gasteiger charge is -2.31. The van der Waals surface area contributed by atoms with Crippen LogP contribution in [0.3, 0.4) is 0 Å². The van der Waals surface area contributed by atoms with Crippen molar-refractivity contribution in [3.8, 4) is 11.3 Å². The van der Waals surface area contributed by atoms with Crippen molar-refractivity contribution >= 4 is 28.1 Å². The number of hydrogen-bond acceptors (Lipinski definition) is 7. The lowest BCUT2D eigenvalue weighted by molar-refractivity contribution is -0.0298. The van der Waals surface area contributed by atoms with Crippen molar-refractivity contribution in [2.45, 2.75) is 77.0 Å². The topological polar surface area (TPSA) is 94.1 Å². The fraction of sp³-hybridized carbons (Fsp3) is 0.600. The van der Waals surface area contributed by atoms with Gasteiger partial charge in [-0.2, -0.15) is 4.98 Å². The number of aliphatic hydroxyl groups excluding tert-OH is 1. The van der Waals surface area contributed by atoms with E-state index in [2.05, 4.69) is 39.2 Å². The maximum absolute atomic E-state index is 9.64. The third-order valence-corrected chi connectivity index (χ3v) is 9.18. The number of fused-ring (bicyclic) bond motifs is 2. The Bertz CT molecular complexity index is 1450. The van der Waals surface area contributed by atoms with Crippen LogP contribution in [-0.2, 0) is 4.74 Å². The van der Waals surface area contributed by atoms with Gasteiger partial charge in [0.15, 0.2) is 5.65 Å². The Kier molecular flexibility index (Phi) is 6.72. The number of rotatable bonds is 5. The highest BCUT2D eigenvalue weighted by Gasteiger charge is 2.26. The predicted octanol–water partition coefficient (Wildman–Crippen LogP) is 5.50. The Morgan fingerprint density at radius 3 is 2.62 bits per heavy atom. The van der Waals surface area contributed by atoms with Crippen LogP contribution in [0.25, 0.3) is 33.5 Å². The Hall–Kier alpha value is -3.04. The zero-order chi connectivity index (χ0) is 26.3. The van der Waals surface area contributed by atoms with Crippen LogP contribution in [0, 0.1) is 11.8 Å². The quantitative estimate of drug-likeness (QED) is 0.365. The van der Waals surface area contributed by atoms with Gasteiger partial charge in [0.05, 0.1) is 23.7 Å². The van der Waals surface area contributed by atoms with Crippen LogP contribution in [0.4, 0.5) is 5.95 Å². The summed E-state index contributed by atoms with van der Waals surface area (Å²) in [6.07, 6.45) is 14.0. The Morgan fingerprint density at radius 1 is 0.949 bits per heavy atom. The Morgan fingerprint density at radius 2 is 1.82 bits per heavy atom. The van der Waals surface area contributed by atoms with E-state index in [1.54, 1.807) is 0 Å². The first-order valence-corrected chi connectivity index (χ1v) is 14.9. The normalized spacial score (nSPS) is 25.1. The Labute approximate surface area is 229 Å². The summed E-state index contributed by atoms with van der Waals surface area (Å²) in [5.74, 6) is 1.85. The third-order valence-electron chi connectivity index (χ3n) is 9.18. The minimum Gasteiger partial charge on any atom is -0.396 e. The molecule has 0 radical (unpaired) electrons. The molecule has 9 heteroatoms. The standard InChI is InChI=1S/C30H39N7O2/c1-20-5-4-6-23(15-20)36-18-31-24-16-22(8-9-25(24)36)27-28-29(37(19-32-28)26-7-2-3-14-39-26)34-30(33-27)35-12-10-21(17-38)11-13-35/h8-9,16,18-21,23,26,38H,2-7,10-15,17H2,1H3/t20-,23-,26?/m1/s1. The summed E-state index contributed by atoms with van der Waals surface area (Å²) in [6, 6.07) is 7.07. The van der Waals surface area contributed by atoms with Gasteiger partial charge in [0.1, 0.15) is 17.4 Å². The van der Waals surface area contributed by atoms with Crippen molar-refractivity contribution in [1.82, 2.24) is 29.1 Å². The number of nitrogens with zero attached hydrogens (tertiary/aromatic N) is 7. The van der Waals surface area contributed by atoms with Gasteiger partial charge >= 0.3 is 0 Å². The molecule has 3 aromatic heterocycles. The van der Waals surface area contributed by atoms with Gasteiger partial charge in [0.25, 0.3) is 0 Å². The van der Waals surface area contributed by atoms with Crippen LogP contribution >= 0.6 is 0 Å². The zero-order valence-electron chi connectivity index (χ0n) is 22.9. The van der Waals surface area contributed by atoms with E-state index < -0.39 is 0 Å². The molecule has 39 heavy (non-hydrogen) atoms. The van der Waals surface area contributed by atoms with Crippen LogP contribution in [0.15, 0.2) is 30.9 Å². The predicted molar refractivity (Wildman–Crippen MR) is 152 cm³/mol. The maximum atomic E-state index is 9.64. The van der Waals surface area contributed by atoms with Crippen molar-refractivity contribution in [1.29, 1.82) is 0 Å². The van der Waals surface area contributed by atoms with Crippen molar-refractivity contribution in [2.24, 2.45) is 11.8 Å². The summed E-state index contributed by atoms with van der Waals surface area (Å²) < 4.78 is 10.6. The molecule has 206 valence electrons. The largest absolute Gasteiger partial charge is 0.396 e. The Balaban J connectivity index is 1.30. The minimum absolute atomic E-state index is 0.0458. The van der Waals surface area contributed by atoms with Gasteiger partial charge < -0.3 is 19.3 Å². The number of hydrogen-bond donors (Lipinski definition) is 1. The van der Waals surface area contributed by atoms with E-state index in [0.717, 1.165) is 91.6 Å². The third kappa shape index (κ3) is 4.69. The number of ether oxygens (including phenoxy) is 1. The van der Waals surface area contributed by atoms with Gasteiger partial charge in [-0.05, 0) is 68.9 Å². The summed E-state index contributed by atoms with van der Waals surface area (Å²) in [5, 5.41) is 9.64. The number of imidazole rings is 2. The van der Waals surface area contributed by atoms with Gasteiger partial charge in [-0.15, -0.1) is 0 Å². The number of benzene rings is 1. The highest BCUT2D eigenvalue weighted by atomic mass is 16.5. The molecule has 0 amide bonds. The van der Waals surface area contributed by atoms with Crippen LogP contribution in [0.1, 0.15) is 77.0 Å². The van der Waals surface area contributed by atoms with E-state index in [9.17, 15) is 5.11 Å². The van der Waals surface area contributed by atoms with Crippen LogP contribution in [0.2, 0.25) is 0 Å². The molecule has 1 aliphatic carbocycles. The van der Waals surface area contributed by atoms with Gasteiger partial charge in [0.2, 0.25) is 5.95 Å². The molecule has 3 atom stereocenters. The van der Waals surface area contributed by atoms with E-state index in [1.807, 2.05) is 12.7 Å². The molecule has 0 bridgehead atoms.